The summed E-state index contributed by atoms with van der Waals surface area (Å²) in [4.78, 5) is 19.5. The van der Waals surface area contributed by atoms with Gasteiger partial charge in [0.25, 0.3) is 0 Å². The van der Waals surface area contributed by atoms with Crippen LogP contribution in [0.15, 0.2) is 48.0 Å². The average molecular weight is 382 g/mol. The molecule has 1 aliphatic heterocycles. The van der Waals surface area contributed by atoms with Crippen molar-refractivity contribution >= 4 is 28.1 Å². The number of hydrogen-bond acceptors (Lipinski definition) is 3. The molecule has 0 saturated carbocycles. The summed E-state index contributed by atoms with van der Waals surface area (Å²) in [5.74, 6) is 0.469. The van der Waals surface area contributed by atoms with E-state index in [0.29, 0.717) is 0 Å². The lowest BCUT2D eigenvalue weighted by atomic mass is 9.96. The number of piperidine rings is 1. The van der Waals surface area contributed by atoms with E-state index in [1.165, 1.54) is 22.2 Å². The lowest BCUT2D eigenvalue weighted by Crippen LogP contribution is -2.47. The zero-order valence-electron chi connectivity index (χ0n) is 15.8. The first-order chi connectivity index (χ1) is 13.2. The first-order valence-corrected chi connectivity index (χ1v) is 10.7. The van der Waals surface area contributed by atoms with E-state index in [0.717, 1.165) is 38.0 Å². The summed E-state index contributed by atoms with van der Waals surface area (Å²) < 4.78 is 0. The SMILES string of the molecule is C[C@@H](NC[C@H](c1cccs1)c1c[nH]c2ccccc12)C(=O)N1CCCCC1. The van der Waals surface area contributed by atoms with Crippen molar-refractivity contribution < 1.29 is 4.79 Å². The van der Waals surface area contributed by atoms with E-state index < -0.39 is 0 Å². The molecular weight excluding hydrogens is 354 g/mol. The second-order valence-electron chi connectivity index (χ2n) is 7.37. The number of H-pyrrole nitrogens is 1. The second kappa shape index (κ2) is 8.28. The van der Waals surface area contributed by atoms with Crippen LogP contribution >= 0.6 is 11.3 Å². The molecule has 3 heterocycles. The third-order valence-corrected chi connectivity index (χ3v) is 6.54. The number of rotatable bonds is 6. The van der Waals surface area contributed by atoms with E-state index in [1.807, 2.05) is 11.8 Å². The zero-order chi connectivity index (χ0) is 18.6. The monoisotopic (exact) mass is 381 g/mol. The van der Waals surface area contributed by atoms with Crippen LogP contribution in [0.25, 0.3) is 10.9 Å². The van der Waals surface area contributed by atoms with Gasteiger partial charge >= 0.3 is 0 Å². The number of carbonyl (C=O) groups excluding carboxylic acids is 1. The fourth-order valence-corrected chi connectivity index (χ4v) is 4.85. The molecule has 2 atom stereocenters. The molecule has 3 aromatic rings. The Bertz CT molecular complexity index is 880. The van der Waals surface area contributed by atoms with E-state index >= 15 is 0 Å². The van der Waals surface area contributed by atoms with Crippen LogP contribution in [0.1, 0.15) is 42.5 Å². The molecule has 5 heteroatoms. The highest BCUT2D eigenvalue weighted by Gasteiger charge is 2.24. The van der Waals surface area contributed by atoms with Gasteiger partial charge in [-0.3, -0.25) is 4.79 Å². The molecular formula is C22H27N3OS. The van der Waals surface area contributed by atoms with Gasteiger partial charge < -0.3 is 15.2 Å². The number of thiophene rings is 1. The standard InChI is InChI=1S/C22H27N3OS/c1-16(22(26)25-11-5-2-6-12-25)23-15-19(21-10-7-13-27-21)18-14-24-20-9-4-3-8-17(18)20/h3-4,7-10,13-14,16,19,23-24H,2,5-6,11-12,15H2,1H3/t16-,19+/m1/s1. The zero-order valence-corrected chi connectivity index (χ0v) is 16.6. The fourth-order valence-electron chi connectivity index (χ4n) is 4.01. The van der Waals surface area contributed by atoms with Crippen LogP contribution in [0.5, 0.6) is 0 Å². The Labute approximate surface area is 164 Å². The Morgan fingerprint density at radius 1 is 1.19 bits per heavy atom. The van der Waals surface area contributed by atoms with E-state index in [9.17, 15) is 4.79 Å². The Balaban J connectivity index is 1.51. The molecule has 1 aromatic carbocycles. The maximum atomic E-state index is 12.8. The predicted molar refractivity (Wildman–Crippen MR) is 112 cm³/mol. The first kappa shape index (κ1) is 18.3. The number of aromatic amines is 1. The summed E-state index contributed by atoms with van der Waals surface area (Å²) in [6, 6.07) is 12.6. The Kier molecular flexibility index (Phi) is 5.60. The Morgan fingerprint density at radius 3 is 2.78 bits per heavy atom. The van der Waals surface area contributed by atoms with E-state index in [2.05, 4.69) is 58.3 Å². The van der Waals surface area contributed by atoms with Gasteiger partial charge in [0.15, 0.2) is 0 Å². The number of likely N-dealkylation sites (tertiary alicyclic amines) is 1. The van der Waals surface area contributed by atoms with Gasteiger partial charge in [0.05, 0.1) is 6.04 Å². The van der Waals surface area contributed by atoms with E-state index in [4.69, 9.17) is 0 Å². The smallest absolute Gasteiger partial charge is 0.239 e. The molecule has 1 aliphatic rings. The number of nitrogens with zero attached hydrogens (tertiary/aromatic N) is 1. The van der Waals surface area contributed by atoms with Crippen LogP contribution < -0.4 is 5.32 Å². The molecule has 1 fully saturated rings. The minimum Gasteiger partial charge on any atom is -0.361 e. The number of carbonyl (C=O) groups is 1. The number of amides is 1. The van der Waals surface area contributed by atoms with Gasteiger partial charge in [-0.25, -0.2) is 0 Å². The molecule has 27 heavy (non-hydrogen) atoms. The van der Waals surface area contributed by atoms with Gasteiger partial charge in [-0.2, -0.15) is 0 Å². The molecule has 0 radical (unpaired) electrons. The molecule has 1 saturated heterocycles. The molecule has 0 bridgehead atoms. The molecule has 2 aromatic heterocycles. The van der Waals surface area contributed by atoms with Crippen LogP contribution in [-0.4, -0.2) is 41.5 Å². The van der Waals surface area contributed by atoms with Crippen LogP contribution in [-0.2, 0) is 4.79 Å². The Hall–Kier alpha value is -2.11. The van der Waals surface area contributed by atoms with E-state index in [-0.39, 0.29) is 17.9 Å². The maximum Gasteiger partial charge on any atom is 0.239 e. The summed E-state index contributed by atoms with van der Waals surface area (Å²) in [5.41, 5.74) is 2.45. The van der Waals surface area contributed by atoms with Gasteiger partial charge in [-0.05, 0) is 49.3 Å². The van der Waals surface area contributed by atoms with Crippen LogP contribution in [0.4, 0.5) is 0 Å². The van der Waals surface area contributed by atoms with Gasteiger partial charge in [0, 0.05) is 47.5 Å². The summed E-state index contributed by atoms with van der Waals surface area (Å²) >= 11 is 1.78. The fraction of sp³-hybridized carbons (Fsp3) is 0.409. The number of hydrogen-bond donors (Lipinski definition) is 2. The van der Waals surface area contributed by atoms with Crippen molar-refractivity contribution in [3.05, 3.63) is 58.4 Å². The molecule has 0 unspecified atom stereocenters. The van der Waals surface area contributed by atoms with Crippen molar-refractivity contribution in [1.82, 2.24) is 15.2 Å². The molecule has 0 spiro atoms. The van der Waals surface area contributed by atoms with Crippen molar-refractivity contribution in [2.24, 2.45) is 0 Å². The Morgan fingerprint density at radius 2 is 2.00 bits per heavy atom. The lowest BCUT2D eigenvalue weighted by molar-refractivity contribution is -0.133. The highest BCUT2D eigenvalue weighted by atomic mass is 32.1. The van der Waals surface area contributed by atoms with Crippen LogP contribution in [0, 0.1) is 0 Å². The second-order valence-corrected chi connectivity index (χ2v) is 8.35. The molecule has 1 amide bonds. The minimum absolute atomic E-state index is 0.157. The van der Waals surface area contributed by atoms with Crippen molar-refractivity contribution in [3.8, 4) is 0 Å². The van der Waals surface area contributed by atoms with Crippen LogP contribution in [0.3, 0.4) is 0 Å². The van der Waals surface area contributed by atoms with Gasteiger partial charge in [0.2, 0.25) is 5.91 Å². The van der Waals surface area contributed by atoms with Gasteiger partial charge in [0.1, 0.15) is 0 Å². The molecule has 2 N–H and O–H groups in total. The topological polar surface area (TPSA) is 48.1 Å². The largest absolute Gasteiger partial charge is 0.361 e. The molecule has 142 valence electrons. The highest BCUT2D eigenvalue weighted by molar-refractivity contribution is 7.10. The normalized spacial score (nSPS) is 17.1. The van der Waals surface area contributed by atoms with E-state index in [1.54, 1.807) is 11.3 Å². The van der Waals surface area contributed by atoms with Crippen molar-refractivity contribution in [2.75, 3.05) is 19.6 Å². The van der Waals surface area contributed by atoms with Crippen molar-refractivity contribution in [3.63, 3.8) is 0 Å². The van der Waals surface area contributed by atoms with Gasteiger partial charge in [-0.15, -0.1) is 11.3 Å². The predicted octanol–water partition coefficient (Wildman–Crippen LogP) is 4.35. The average Bonchev–Trinajstić information content (AvgIpc) is 3.39. The summed E-state index contributed by atoms with van der Waals surface area (Å²) in [6.45, 7) is 4.56. The first-order valence-electron chi connectivity index (χ1n) is 9.85. The third kappa shape index (κ3) is 3.94. The number of aromatic nitrogens is 1. The van der Waals surface area contributed by atoms with Crippen molar-refractivity contribution in [1.29, 1.82) is 0 Å². The van der Waals surface area contributed by atoms with Gasteiger partial charge in [-0.1, -0.05) is 24.3 Å². The summed E-state index contributed by atoms with van der Waals surface area (Å²) in [5, 5.41) is 6.90. The quantitative estimate of drug-likeness (QED) is 0.667. The third-order valence-electron chi connectivity index (χ3n) is 5.55. The summed E-state index contributed by atoms with van der Waals surface area (Å²) in [6.07, 6.45) is 5.62. The number of benzene rings is 1. The highest BCUT2D eigenvalue weighted by Crippen LogP contribution is 2.32. The van der Waals surface area contributed by atoms with Crippen molar-refractivity contribution in [2.45, 2.75) is 38.1 Å². The maximum absolute atomic E-state index is 12.8. The molecule has 0 aliphatic carbocycles. The molecule has 4 rings (SSSR count). The lowest BCUT2D eigenvalue weighted by Gasteiger charge is -2.30. The summed E-state index contributed by atoms with van der Waals surface area (Å²) in [7, 11) is 0. The molecule has 4 nitrogen and oxygen atoms in total. The number of para-hydroxylation sites is 1. The van der Waals surface area contributed by atoms with Crippen LogP contribution in [0.2, 0.25) is 0 Å². The number of fused-ring (bicyclic) bond motifs is 1. The minimum atomic E-state index is -0.157. The number of nitrogens with one attached hydrogen (secondary N) is 2.